The van der Waals surface area contributed by atoms with Gasteiger partial charge in [0.1, 0.15) is 5.82 Å². The van der Waals surface area contributed by atoms with Crippen molar-refractivity contribution in [1.29, 1.82) is 0 Å². The highest BCUT2D eigenvalue weighted by Crippen LogP contribution is 2.26. The molecule has 2 N–H and O–H groups in total. The van der Waals surface area contributed by atoms with Crippen LogP contribution in [-0.4, -0.2) is 9.97 Å². The van der Waals surface area contributed by atoms with Crippen LogP contribution >= 0.6 is 0 Å². The largest absolute Gasteiger partial charge is 0.383 e. The van der Waals surface area contributed by atoms with Crippen molar-refractivity contribution in [2.75, 3.05) is 5.73 Å². The Morgan fingerprint density at radius 3 is 2.53 bits per heavy atom. The molecule has 17 heavy (non-hydrogen) atoms. The van der Waals surface area contributed by atoms with Crippen LogP contribution in [0.5, 0.6) is 0 Å². The first-order chi connectivity index (χ1) is 8.34. The van der Waals surface area contributed by atoms with Gasteiger partial charge in [-0.15, -0.1) is 0 Å². The number of anilines is 1. The van der Waals surface area contributed by atoms with E-state index in [0.717, 1.165) is 22.2 Å². The minimum Gasteiger partial charge on any atom is -0.383 e. The van der Waals surface area contributed by atoms with Gasteiger partial charge in [0.2, 0.25) is 0 Å². The van der Waals surface area contributed by atoms with Gasteiger partial charge in [-0.3, -0.25) is 4.98 Å². The summed E-state index contributed by atoms with van der Waals surface area (Å²) in [5.41, 5.74) is 9.65. The van der Waals surface area contributed by atoms with Crippen LogP contribution in [0.25, 0.3) is 22.2 Å². The lowest BCUT2D eigenvalue weighted by molar-refractivity contribution is 1.34. The van der Waals surface area contributed by atoms with Gasteiger partial charge in [-0.1, -0.05) is 30.3 Å². The fourth-order valence-corrected chi connectivity index (χ4v) is 1.86. The molecule has 0 aliphatic heterocycles. The summed E-state index contributed by atoms with van der Waals surface area (Å²) in [6.07, 6.45) is 1.76. The van der Waals surface area contributed by atoms with E-state index in [1.54, 1.807) is 6.20 Å². The molecule has 2 aromatic heterocycles. The van der Waals surface area contributed by atoms with Crippen LogP contribution in [0, 0.1) is 0 Å². The monoisotopic (exact) mass is 221 g/mol. The Labute approximate surface area is 98.9 Å². The number of benzene rings is 1. The summed E-state index contributed by atoms with van der Waals surface area (Å²) >= 11 is 0. The average molecular weight is 221 g/mol. The number of rotatable bonds is 1. The fraction of sp³-hybridized carbons (Fsp3) is 0. The molecule has 3 nitrogen and oxygen atoms in total. The van der Waals surface area contributed by atoms with E-state index in [9.17, 15) is 0 Å². The van der Waals surface area contributed by atoms with Crippen molar-refractivity contribution in [3.05, 3.63) is 54.7 Å². The Bertz CT molecular complexity index is 663. The zero-order chi connectivity index (χ0) is 11.7. The zero-order valence-corrected chi connectivity index (χ0v) is 9.17. The van der Waals surface area contributed by atoms with Crippen molar-refractivity contribution in [1.82, 2.24) is 9.97 Å². The molecule has 3 rings (SSSR count). The van der Waals surface area contributed by atoms with E-state index in [2.05, 4.69) is 9.97 Å². The topological polar surface area (TPSA) is 51.8 Å². The van der Waals surface area contributed by atoms with Crippen molar-refractivity contribution >= 4 is 16.9 Å². The van der Waals surface area contributed by atoms with Gasteiger partial charge in [0.25, 0.3) is 0 Å². The number of nitrogen functional groups attached to an aromatic ring is 1. The first-order valence-electron chi connectivity index (χ1n) is 5.41. The van der Waals surface area contributed by atoms with E-state index in [0.29, 0.717) is 5.82 Å². The van der Waals surface area contributed by atoms with Gasteiger partial charge < -0.3 is 5.73 Å². The molecule has 2 heterocycles. The molecule has 3 heteroatoms. The maximum absolute atomic E-state index is 5.98. The SMILES string of the molecule is Nc1nc2cccnc2cc1-c1ccccc1. The predicted octanol–water partition coefficient (Wildman–Crippen LogP) is 2.88. The molecule has 0 unspecified atom stereocenters. The normalized spacial score (nSPS) is 10.6. The lowest BCUT2D eigenvalue weighted by Gasteiger charge is -2.06. The fourth-order valence-electron chi connectivity index (χ4n) is 1.86. The van der Waals surface area contributed by atoms with Gasteiger partial charge in [0.05, 0.1) is 11.0 Å². The molecule has 0 saturated heterocycles. The second kappa shape index (κ2) is 3.87. The first kappa shape index (κ1) is 9.78. The van der Waals surface area contributed by atoms with Crippen molar-refractivity contribution < 1.29 is 0 Å². The minimum atomic E-state index is 0.539. The summed E-state index contributed by atoms with van der Waals surface area (Å²) in [6.45, 7) is 0. The van der Waals surface area contributed by atoms with Crippen LogP contribution in [0.3, 0.4) is 0 Å². The number of hydrogen-bond donors (Lipinski definition) is 1. The summed E-state index contributed by atoms with van der Waals surface area (Å²) in [7, 11) is 0. The molecule has 0 radical (unpaired) electrons. The quantitative estimate of drug-likeness (QED) is 0.687. The van der Waals surface area contributed by atoms with Gasteiger partial charge >= 0.3 is 0 Å². The van der Waals surface area contributed by atoms with Crippen molar-refractivity contribution in [2.24, 2.45) is 0 Å². The minimum absolute atomic E-state index is 0.539. The van der Waals surface area contributed by atoms with Gasteiger partial charge in [-0.2, -0.15) is 0 Å². The van der Waals surface area contributed by atoms with Gasteiger partial charge in [-0.25, -0.2) is 4.98 Å². The number of aromatic nitrogens is 2. The molecule has 1 aromatic carbocycles. The molecule has 0 bridgehead atoms. The third-order valence-electron chi connectivity index (χ3n) is 2.70. The Kier molecular flexibility index (Phi) is 2.22. The predicted molar refractivity (Wildman–Crippen MR) is 69.4 cm³/mol. The van der Waals surface area contributed by atoms with Crippen molar-refractivity contribution in [2.45, 2.75) is 0 Å². The van der Waals surface area contributed by atoms with E-state index in [4.69, 9.17) is 5.73 Å². The Balaban J connectivity index is 2.27. The summed E-state index contributed by atoms with van der Waals surface area (Å²) in [5, 5.41) is 0. The van der Waals surface area contributed by atoms with Gasteiger partial charge in [0, 0.05) is 11.8 Å². The maximum Gasteiger partial charge on any atom is 0.132 e. The number of nitrogens with two attached hydrogens (primary N) is 1. The molecular weight excluding hydrogens is 210 g/mol. The Morgan fingerprint density at radius 1 is 0.882 bits per heavy atom. The smallest absolute Gasteiger partial charge is 0.132 e. The summed E-state index contributed by atoms with van der Waals surface area (Å²) in [4.78, 5) is 8.66. The van der Waals surface area contributed by atoms with Crippen LogP contribution in [0.4, 0.5) is 5.82 Å². The molecule has 3 aromatic rings. The molecule has 0 atom stereocenters. The van der Waals surface area contributed by atoms with Crippen LogP contribution in [0.15, 0.2) is 54.7 Å². The Hall–Kier alpha value is -2.42. The highest BCUT2D eigenvalue weighted by Gasteiger charge is 2.06. The molecule has 0 spiro atoms. The lowest BCUT2D eigenvalue weighted by Crippen LogP contribution is -1.95. The third-order valence-corrected chi connectivity index (χ3v) is 2.70. The summed E-state index contributed by atoms with van der Waals surface area (Å²) in [5.74, 6) is 0.539. The second-order valence-corrected chi connectivity index (χ2v) is 3.83. The van der Waals surface area contributed by atoms with E-state index in [-0.39, 0.29) is 0 Å². The number of fused-ring (bicyclic) bond motifs is 1. The van der Waals surface area contributed by atoms with Gasteiger partial charge in [0.15, 0.2) is 0 Å². The standard InChI is InChI=1S/C14H11N3/c15-14-11(10-5-2-1-3-6-10)9-13-12(17-14)7-4-8-16-13/h1-9H,(H2,15,17). The van der Waals surface area contributed by atoms with Crippen LogP contribution in [0.2, 0.25) is 0 Å². The number of nitrogens with zero attached hydrogens (tertiary/aromatic N) is 2. The number of hydrogen-bond acceptors (Lipinski definition) is 3. The lowest BCUT2D eigenvalue weighted by atomic mass is 10.1. The van der Waals surface area contributed by atoms with Crippen LogP contribution in [-0.2, 0) is 0 Å². The Morgan fingerprint density at radius 2 is 1.71 bits per heavy atom. The summed E-state index contributed by atoms with van der Waals surface area (Å²) in [6, 6.07) is 15.7. The molecular formula is C14H11N3. The molecule has 0 aliphatic rings. The molecule has 82 valence electrons. The van der Waals surface area contributed by atoms with E-state index >= 15 is 0 Å². The molecule has 0 fully saturated rings. The third kappa shape index (κ3) is 1.72. The van der Waals surface area contributed by atoms with Crippen molar-refractivity contribution in [3.63, 3.8) is 0 Å². The maximum atomic E-state index is 5.98. The molecule has 0 amide bonds. The highest BCUT2D eigenvalue weighted by molar-refractivity contribution is 5.86. The highest BCUT2D eigenvalue weighted by atomic mass is 14.9. The molecule has 0 saturated carbocycles. The van der Waals surface area contributed by atoms with Crippen LogP contribution < -0.4 is 5.73 Å². The average Bonchev–Trinajstić information content (AvgIpc) is 2.39. The second-order valence-electron chi connectivity index (χ2n) is 3.83. The number of pyridine rings is 2. The molecule has 0 aliphatic carbocycles. The summed E-state index contributed by atoms with van der Waals surface area (Å²) < 4.78 is 0. The van der Waals surface area contributed by atoms with E-state index in [1.165, 1.54) is 0 Å². The van der Waals surface area contributed by atoms with E-state index in [1.807, 2.05) is 48.5 Å². The first-order valence-corrected chi connectivity index (χ1v) is 5.41. The zero-order valence-electron chi connectivity index (χ0n) is 9.17. The van der Waals surface area contributed by atoms with E-state index < -0.39 is 0 Å². The van der Waals surface area contributed by atoms with Crippen molar-refractivity contribution in [3.8, 4) is 11.1 Å². The van der Waals surface area contributed by atoms with Gasteiger partial charge in [-0.05, 0) is 23.8 Å². The van der Waals surface area contributed by atoms with Crippen LogP contribution in [0.1, 0.15) is 0 Å².